The number of nitrogens with one attached hydrogen (secondary N) is 2. The van der Waals surface area contributed by atoms with Crippen LogP contribution in [0.15, 0.2) is 42.7 Å². The number of urea groups is 1. The van der Waals surface area contributed by atoms with Crippen molar-refractivity contribution in [3.63, 3.8) is 0 Å². The number of ether oxygens (including phenoxy) is 2. The van der Waals surface area contributed by atoms with Gasteiger partial charge in [-0.25, -0.2) is 14.0 Å². The van der Waals surface area contributed by atoms with E-state index in [-0.39, 0.29) is 17.9 Å². The van der Waals surface area contributed by atoms with Gasteiger partial charge in [-0.15, -0.1) is 0 Å². The van der Waals surface area contributed by atoms with Crippen LogP contribution in [0, 0.1) is 5.82 Å². The van der Waals surface area contributed by atoms with Crippen LogP contribution in [0.25, 0.3) is 0 Å². The van der Waals surface area contributed by atoms with Gasteiger partial charge in [0, 0.05) is 6.20 Å². The van der Waals surface area contributed by atoms with Crippen molar-refractivity contribution in [2.45, 2.75) is 13.0 Å². The third-order valence-electron chi connectivity index (χ3n) is 3.13. The average molecular weight is 347 g/mol. The van der Waals surface area contributed by atoms with E-state index in [1.54, 1.807) is 19.1 Å². The maximum atomic E-state index is 13.5. The van der Waals surface area contributed by atoms with Gasteiger partial charge in [-0.05, 0) is 25.1 Å². The SMILES string of the molecule is COC(=O)c1cncc(NC(=O)NC[C@@H](C)Oc2ccccc2F)c1. The molecule has 2 rings (SSSR count). The van der Waals surface area contributed by atoms with Crippen molar-refractivity contribution in [2.24, 2.45) is 0 Å². The minimum absolute atomic E-state index is 0.118. The molecule has 2 amide bonds. The Kier molecular flexibility index (Phi) is 6.27. The van der Waals surface area contributed by atoms with Crippen LogP contribution in [0.5, 0.6) is 5.75 Å². The topological polar surface area (TPSA) is 89.5 Å². The first-order chi connectivity index (χ1) is 12.0. The zero-order valence-electron chi connectivity index (χ0n) is 13.8. The molecular weight excluding hydrogens is 329 g/mol. The summed E-state index contributed by atoms with van der Waals surface area (Å²) < 4.78 is 23.5. The number of benzene rings is 1. The number of rotatable bonds is 6. The van der Waals surface area contributed by atoms with Crippen LogP contribution in [0.3, 0.4) is 0 Å². The minimum atomic E-state index is -0.552. The summed E-state index contributed by atoms with van der Waals surface area (Å²) in [5.41, 5.74) is 0.555. The van der Waals surface area contributed by atoms with Crippen LogP contribution in [0.4, 0.5) is 14.9 Å². The number of esters is 1. The lowest BCUT2D eigenvalue weighted by Gasteiger charge is -2.16. The third kappa shape index (κ3) is 5.45. The van der Waals surface area contributed by atoms with Gasteiger partial charge in [0.1, 0.15) is 6.10 Å². The molecular formula is C17H18FN3O4. The van der Waals surface area contributed by atoms with Gasteiger partial charge in [0.05, 0.1) is 31.1 Å². The summed E-state index contributed by atoms with van der Waals surface area (Å²) in [5.74, 6) is -0.903. The Balaban J connectivity index is 1.84. The molecule has 0 aliphatic rings. The molecule has 2 aromatic rings. The largest absolute Gasteiger partial charge is 0.486 e. The number of methoxy groups -OCH3 is 1. The molecule has 0 saturated heterocycles. The highest BCUT2D eigenvalue weighted by atomic mass is 19.1. The molecule has 0 fully saturated rings. The monoisotopic (exact) mass is 347 g/mol. The van der Waals surface area contributed by atoms with E-state index in [9.17, 15) is 14.0 Å². The molecule has 1 aromatic carbocycles. The Morgan fingerprint density at radius 2 is 2.04 bits per heavy atom. The number of hydrogen-bond acceptors (Lipinski definition) is 5. The van der Waals surface area contributed by atoms with E-state index in [1.807, 2.05) is 0 Å². The fraction of sp³-hybridized carbons (Fsp3) is 0.235. The van der Waals surface area contributed by atoms with Gasteiger partial charge in [-0.2, -0.15) is 0 Å². The predicted octanol–water partition coefficient (Wildman–Crippen LogP) is 2.60. The summed E-state index contributed by atoms with van der Waals surface area (Å²) in [7, 11) is 1.26. The van der Waals surface area contributed by atoms with Gasteiger partial charge in [0.25, 0.3) is 0 Å². The minimum Gasteiger partial charge on any atom is -0.486 e. The molecule has 0 aliphatic carbocycles. The zero-order chi connectivity index (χ0) is 18.2. The molecule has 1 atom stereocenters. The molecule has 0 radical (unpaired) electrons. The summed E-state index contributed by atoms with van der Waals surface area (Å²) >= 11 is 0. The summed E-state index contributed by atoms with van der Waals surface area (Å²) in [6, 6.07) is 6.96. The maximum Gasteiger partial charge on any atom is 0.339 e. The van der Waals surface area contributed by atoms with Crippen molar-refractivity contribution in [1.82, 2.24) is 10.3 Å². The average Bonchev–Trinajstić information content (AvgIpc) is 2.61. The van der Waals surface area contributed by atoms with Crippen molar-refractivity contribution in [2.75, 3.05) is 19.0 Å². The van der Waals surface area contributed by atoms with Gasteiger partial charge < -0.3 is 20.1 Å². The third-order valence-corrected chi connectivity index (χ3v) is 3.13. The number of hydrogen-bond donors (Lipinski definition) is 2. The fourth-order valence-corrected chi connectivity index (χ4v) is 1.95. The smallest absolute Gasteiger partial charge is 0.339 e. The van der Waals surface area contributed by atoms with Crippen LogP contribution in [0.2, 0.25) is 0 Å². The highest BCUT2D eigenvalue weighted by molar-refractivity contribution is 5.93. The summed E-state index contributed by atoms with van der Waals surface area (Å²) in [6.45, 7) is 1.86. The van der Waals surface area contributed by atoms with Gasteiger partial charge in [-0.1, -0.05) is 12.1 Å². The van der Waals surface area contributed by atoms with Gasteiger partial charge in [-0.3, -0.25) is 4.98 Å². The summed E-state index contributed by atoms with van der Waals surface area (Å²) in [4.78, 5) is 27.2. The number of amides is 2. The van der Waals surface area contributed by atoms with E-state index in [1.165, 1.54) is 37.7 Å². The van der Waals surface area contributed by atoms with Crippen LogP contribution in [-0.4, -0.2) is 36.7 Å². The number of para-hydroxylation sites is 1. The molecule has 132 valence electrons. The Labute approximate surface area is 144 Å². The van der Waals surface area contributed by atoms with Crippen LogP contribution >= 0.6 is 0 Å². The lowest BCUT2D eigenvalue weighted by atomic mass is 10.2. The molecule has 1 heterocycles. The van der Waals surface area contributed by atoms with E-state index < -0.39 is 23.9 Å². The Morgan fingerprint density at radius 3 is 2.76 bits per heavy atom. The zero-order valence-corrected chi connectivity index (χ0v) is 13.8. The van der Waals surface area contributed by atoms with E-state index in [0.29, 0.717) is 5.69 Å². The van der Waals surface area contributed by atoms with E-state index in [2.05, 4.69) is 20.4 Å². The van der Waals surface area contributed by atoms with Crippen molar-refractivity contribution in [3.8, 4) is 5.75 Å². The lowest BCUT2D eigenvalue weighted by Crippen LogP contribution is -2.36. The number of aromatic nitrogens is 1. The number of carbonyl (C=O) groups excluding carboxylic acids is 2. The first kappa shape index (κ1) is 18.2. The predicted molar refractivity (Wildman–Crippen MR) is 89.1 cm³/mol. The molecule has 2 N–H and O–H groups in total. The highest BCUT2D eigenvalue weighted by Crippen LogP contribution is 2.16. The van der Waals surface area contributed by atoms with Gasteiger partial charge in [0.2, 0.25) is 0 Å². The Morgan fingerprint density at radius 1 is 1.28 bits per heavy atom. The second-order valence-electron chi connectivity index (χ2n) is 5.15. The summed E-state index contributed by atoms with van der Waals surface area (Å²) in [5, 5.41) is 5.13. The number of anilines is 1. The highest BCUT2D eigenvalue weighted by Gasteiger charge is 2.11. The molecule has 0 spiro atoms. The number of carbonyl (C=O) groups is 2. The molecule has 0 bridgehead atoms. The fourth-order valence-electron chi connectivity index (χ4n) is 1.95. The number of halogens is 1. The first-order valence-electron chi connectivity index (χ1n) is 7.49. The standard InChI is InChI=1S/C17H18FN3O4/c1-11(25-15-6-4-3-5-14(15)18)8-20-17(23)21-13-7-12(9-19-10-13)16(22)24-2/h3-7,9-11H,8H2,1-2H3,(H2,20,21,23)/t11-/m1/s1. The van der Waals surface area contributed by atoms with Crippen LogP contribution in [-0.2, 0) is 4.74 Å². The quantitative estimate of drug-likeness (QED) is 0.784. The Bertz CT molecular complexity index is 754. The van der Waals surface area contributed by atoms with Gasteiger partial charge in [0.15, 0.2) is 11.6 Å². The second-order valence-corrected chi connectivity index (χ2v) is 5.15. The van der Waals surface area contributed by atoms with Crippen molar-refractivity contribution in [1.29, 1.82) is 0 Å². The second kappa shape index (κ2) is 8.62. The lowest BCUT2D eigenvalue weighted by molar-refractivity contribution is 0.0600. The Hall–Kier alpha value is -3.16. The molecule has 1 aromatic heterocycles. The first-order valence-corrected chi connectivity index (χ1v) is 7.49. The van der Waals surface area contributed by atoms with E-state index >= 15 is 0 Å². The van der Waals surface area contributed by atoms with Crippen molar-refractivity contribution >= 4 is 17.7 Å². The maximum absolute atomic E-state index is 13.5. The number of pyridine rings is 1. The molecule has 0 aliphatic heterocycles. The van der Waals surface area contributed by atoms with Crippen molar-refractivity contribution in [3.05, 3.63) is 54.1 Å². The van der Waals surface area contributed by atoms with Crippen LogP contribution in [0.1, 0.15) is 17.3 Å². The van der Waals surface area contributed by atoms with Crippen molar-refractivity contribution < 1.29 is 23.5 Å². The molecule has 0 saturated carbocycles. The molecule has 8 heteroatoms. The van der Waals surface area contributed by atoms with Gasteiger partial charge >= 0.3 is 12.0 Å². The normalized spacial score (nSPS) is 11.3. The molecule has 25 heavy (non-hydrogen) atoms. The number of nitrogens with zero attached hydrogens (tertiary/aromatic N) is 1. The molecule has 7 nitrogen and oxygen atoms in total. The summed E-state index contributed by atoms with van der Waals surface area (Å²) in [6.07, 6.45) is 2.28. The van der Waals surface area contributed by atoms with E-state index in [0.717, 1.165) is 0 Å². The van der Waals surface area contributed by atoms with Crippen LogP contribution < -0.4 is 15.4 Å². The van der Waals surface area contributed by atoms with E-state index in [4.69, 9.17) is 4.74 Å². The molecule has 0 unspecified atom stereocenters.